The fourth-order valence-electron chi connectivity index (χ4n) is 1.77. The summed E-state index contributed by atoms with van der Waals surface area (Å²) in [7, 11) is 1.67. The van der Waals surface area contributed by atoms with E-state index >= 15 is 0 Å². The molecule has 0 spiro atoms. The first-order chi connectivity index (χ1) is 7.77. The zero-order valence-electron chi connectivity index (χ0n) is 9.59. The molecule has 0 N–H and O–H groups in total. The molecule has 0 bridgehead atoms. The summed E-state index contributed by atoms with van der Waals surface area (Å²) in [6.45, 7) is 2.07. The minimum absolute atomic E-state index is 0.220. The van der Waals surface area contributed by atoms with Crippen LogP contribution in [0, 0.1) is 5.92 Å². The minimum atomic E-state index is -0.643. The molecule has 0 saturated carbocycles. The SMILES string of the molecule is COC1(/C=C/c2ccccc2)OC=CC1C. The van der Waals surface area contributed by atoms with E-state index in [1.54, 1.807) is 13.4 Å². The Morgan fingerprint density at radius 1 is 1.31 bits per heavy atom. The van der Waals surface area contributed by atoms with Gasteiger partial charge in [0, 0.05) is 13.0 Å². The number of benzene rings is 1. The molecule has 0 aliphatic carbocycles. The molecule has 1 aromatic carbocycles. The van der Waals surface area contributed by atoms with Gasteiger partial charge >= 0.3 is 0 Å². The maximum absolute atomic E-state index is 5.53. The Labute approximate surface area is 96.2 Å². The highest BCUT2D eigenvalue weighted by molar-refractivity contribution is 5.50. The summed E-state index contributed by atoms with van der Waals surface area (Å²) in [6, 6.07) is 10.1. The molecule has 0 radical (unpaired) electrons. The van der Waals surface area contributed by atoms with E-state index < -0.39 is 5.79 Å². The molecule has 1 aromatic rings. The van der Waals surface area contributed by atoms with Crippen LogP contribution in [0.2, 0.25) is 0 Å². The molecule has 0 saturated heterocycles. The van der Waals surface area contributed by atoms with Crippen LogP contribution < -0.4 is 0 Å². The number of ether oxygens (including phenoxy) is 2. The van der Waals surface area contributed by atoms with E-state index in [1.165, 1.54) is 0 Å². The van der Waals surface area contributed by atoms with Gasteiger partial charge in [0.15, 0.2) is 0 Å². The summed E-state index contributed by atoms with van der Waals surface area (Å²) in [6.07, 6.45) is 7.68. The molecule has 1 aliphatic rings. The highest BCUT2D eigenvalue weighted by Gasteiger charge is 2.37. The van der Waals surface area contributed by atoms with E-state index in [-0.39, 0.29) is 5.92 Å². The lowest BCUT2D eigenvalue weighted by atomic mass is 10.0. The Morgan fingerprint density at radius 2 is 2.06 bits per heavy atom. The zero-order chi connectivity index (χ0) is 11.4. The fourth-order valence-corrected chi connectivity index (χ4v) is 1.77. The quantitative estimate of drug-likeness (QED) is 0.772. The predicted octanol–water partition coefficient (Wildman–Crippen LogP) is 3.22. The summed E-state index contributed by atoms with van der Waals surface area (Å²) >= 11 is 0. The van der Waals surface area contributed by atoms with Gasteiger partial charge in [0.05, 0.1) is 6.26 Å². The molecular formula is C14H16O2. The van der Waals surface area contributed by atoms with Gasteiger partial charge < -0.3 is 9.47 Å². The van der Waals surface area contributed by atoms with Crippen LogP contribution in [-0.2, 0) is 9.47 Å². The number of methoxy groups -OCH3 is 1. The second kappa shape index (κ2) is 4.54. The third-order valence-electron chi connectivity index (χ3n) is 2.88. The Kier molecular flexibility index (Phi) is 3.11. The van der Waals surface area contributed by atoms with Crippen molar-refractivity contribution >= 4 is 6.08 Å². The zero-order valence-corrected chi connectivity index (χ0v) is 9.59. The molecule has 2 atom stereocenters. The van der Waals surface area contributed by atoms with Crippen LogP contribution in [0.25, 0.3) is 6.08 Å². The summed E-state index contributed by atoms with van der Waals surface area (Å²) < 4.78 is 11.0. The molecule has 0 fully saturated rings. The van der Waals surface area contributed by atoms with Gasteiger partial charge in [0.25, 0.3) is 0 Å². The standard InChI is InChI=1S/C14H16O2/c1-12-9-11-16-14(12,15-2)10-8-13-6-4-3-5-7-13/h3-12H,1-2H3/b10-8+. The van der Waals surface area contributed by atoms with Crippen LogP contribution in [0.5, 0.6) is 0 Å². The number of hydrogen-bond donors (Lipinski definition) is 0. The van der Waals surface area contributed by atoms with Crippen LogP contribution in [0.3, 0.4) is 0 Å². The molecule has 0 aromatic heterocycles. The van der Waals surface area contributed by atoms with Crippen LogP contribution in [0.4, 0.5) is 0 Å². The minimum Gasteiger partial charge on any atom is -0.466 e. The van der Waals surface area contributed by atoms with Crippen molar-refractivity contribution in [3.63, 3.8) is 0 Å². The molecule has 84 valence electrons. The Hall–Kier alpha value is -1.54. The molecular weight excluding hydrogens is 200 g/mol. The van der Waals surface area contributed by atoms with Crippen LogP contribution >= 0.6 is 0 Å². The summed E-state index contributed by atoms with van der Waals surface area (Å²) in [5, 5.41) is 0. The van der Waals surface area contributed by atoms with Gasteiger partial charge in [-0.1, -0.05) is 43.3 Å². The smallest absolute Gasteiger partial charge is 0.235 e. The molecule has 2 heteroatoms. The van der Waals surface area contributed by atoms with Gasteiger partial charge in [-0.05, 0) is 17.7 Å². The van der Waals surface area contributed by atoms with Gasteiger partial charge in [0.2, 0.25) is 5.79 Å². The highest BCUT2D eigenvalue weighted by Crippen LogP contribution is 2.32. The second-order valence-corrected chi connectivity index (χ2v) is 3.90. The third kappa shape index (κ3) is 2.02. The summed E-state index contributed by atoms with van der Waals surface area (Å²) in [5.74, 6) is -0.423. The van der Waals surface area contributed by atoms with Crippen molar-refractivity contribution in [3.8, 4) is 0 Å². The summed E-state index contributed by atoms with van der Waals surface area (Å²) in [4.78, 5) is 0. The Balaban J connectivity index is 2.17. The van der Waals surface area contributed by atoms with Gasteiger partial charge in [-0.25, -0.2) is 0 Å². The lowest BCUT2D eigenvalue weighted by Crippen LogP contribution is -2.33. The Bertz CT molecular complexity index is 394. The van der Waals surface area contributed by atoms with Crippen molar-refractivity contribution in [2.45, 2.75) is 12.7 Å². The first kappa shape index (κ1) is 11.0. The average molecular weight is 216 g/mol. The van der Waals surface area contributed by atoms with Gasteiger partial charge in [-0.2, -0.15) is 0 Å². The first-order valence-corrected chi connectivity index (χ1v) is 5.41. The topological polar surface area (TPSA) is 18.5 Å². The van der Waals surface area contributed by atoms with Crippen molar-refractivity contribution in [2.75, 3.05) is 7.11 Å². The van der Waals surface area contributed by atoms with Crippen molar-refractivity contribution in [1.82, 2.24) is 0 Å². The van der Waals surface area contributed by atoms with E-state index in [4.69, 9.17) is 9.47 Å². The predicted molar refractivity (Wildman–Crippen MR) is 64.6 cm³/mol. The van der Waals surface area contributed by atoms with Crippen molar-refractivity contribution in [1.29, 1.82) is 0 Å². The molecule has 1 heterocycles. The molecule has 2 rings (SSSR count). The van der Waals surface area contributed by atoms with Crippen LogP contribution in [0.1, 0.15) is 12.5 Å². The molecule has 16 heavy (non-hydrogen) atoms. The fraction of sp³-hybridized carbons (Fsp3) is 0.286. The normalized spacial score (nSPS) is 28.5. The lowest BCUT2D eigenvalue weighted by molar-refractivity contribution is -0.159. The number of rotatable bonds is 3. The first-order valence-electron chi connectivity index (χ1n) is 5.41. The second-order valence-electron chi connectivity index (χ2n) is 3.90. The van der Waals surface area contributed by atoms with Crippen molar-refractivity contribution < 1.29 is 9.47 Å². The molecule has 1 aliphatic heterocycles. The van der Waals surface area contributed by atoms with E-state index in [2.05, 4.69) is 6.92 Å². The van der Waals surface area contributed by atoms with Gasteiger partial charge in [-0.15, -0.1) is 0 Å². The van der Waals surface area contributed by atoms with Crippen LogP contribution in [-0.4, -0.2) is 12.9 Å². The van der Waals surface area contributed by atoms with Crippen molar-refractivity contribution in [2.24, 2.45) is 5.92 Å². The third-order valence-corrected chi connectivity index (χ3v) is 2.88. The molecule has 2 unspecified atom stereocenters. The van der Waals surface area contributed by atoms with E-state index in [1.807, 2.05) is 48.6 Å². The molecule has 2 nitrogen and oxygen atoms in total. The van der Waals surface area contributed by atoms with Crippen LogP contribution in [0.15, 0.2) is 48.7 Å². The van der Waals surface area contributed by atoms with E-state index in [0.717, 1.165) is 5.56 Å². The maximum Gasteiger partial charge on any atom is 0.235 e. The highest BCUT2D eigenvalue weighted by atomic mass is 16.7. The van der Waals surface area contributed by atoms with E-state index in [9.17, 15) is 0 Å². The molecule has 0 amide bonds. The average Bonchev–Trinajstić information content (AvgIpc) is 2.70. The van der Waals surface area contributed by atoms with Crippen molar-refractivity contribution in [3.05, 3.63) is 54.3 Å². The lowest BCUT2D eigenvalue weighted by Gasteiger charge is -2.27. The largest absolute Gasteiger partial charge is 0.466 e. The van der Waals surface area contributed by atoms with Gasteiger partial charge in [0.1, 0.15) is 0 Å². The van der Waals surface area contributed by atoms with Gasteiger partial charge in [-0.3, -0.25) is 0 Å². The summed E-state index contributed by atoms with van der Waals surface area (Å²) in [5.41, 5.74) is 1.14. The number of hydrogen-bond acceptors (Lipinski definition) is 2. The maximum atomic E-state index is 5.53. The monoisotopic (exact) mass is 216 g/mol. The Morgan fingerprint density at radius 3 is 2.62 bits per heavy atom. The van der Waals surface area contributed by atoms with E-state index in [0.29, 0.717) is 0 Å².